The van der Waals surface area contributed by atoms with Crippen molar-refractivity contribution in [3.05, 3.63) is 83.4 Å². The molecule has 2 aromatic carbocycles. The number of carbonyl (C=O) groups excluding carboxylic acids is 1. The number of benzene rings is 2. The van der Waals surface area contributed by atoms with Crippen LogP contribution in [0.2, 0.25) is 0 Å². The van der Waals surface area contributed by atoms with Gasteiger partial charge in [0.05, 0.1) is 18.6 Å². The van der Waals surface area contributed by atoms with Crippen LogP contribution in [0, 0.1) is 0 Å². The number of carbonyl (C=O) groups is 1. The number of nitrogens with zero attached hydrogens (tertiary/aromatic N) is 3. The second-order valence-electron chi connectivity index (χ2n) is 6.59. The fourth-order valence-electron chi connectivity index (χ4n) is 3.45. The molecule has 132 valence electrons. The Kier molecular flexibility index (Phi) is 4.44. The predicted octanol–water partition coefficient (Wildman–Crippen LogP) is 3.03. The first-order valence-electron chi connectivity index (χ1n) is 8.86. The standard InChI is InChI=1S/C21H21N3O2/c25-18-8-4-7-17(13-18)21(26)23-12-10-20-19(14-23)22-15-24(20)11-9-16-5-2-1-3-6-16/h1-8,13,15,25H,9-12,14H2. The van der Waals surface area contributed by atoms with Crippen molar-refractivity contribution in [1.29, 1.82) is 0 Å². The van der Waals surface area contributed by atoms with Crippen LogP contribution in [0.3, 0.4) is 0 Å². The molecule has 0 saturated carbocycles. The molecule has 1 N–H and O–H groups in total. The molecule has 3 aromatic rings. The van der Waals surface area contributed by atoms with Crippen molar-refractivity contribution < 1.29 is 9.90 Å². The number of hydrogen-bond acceptors (Lipinski definition) is 3. The summed E-state index contributed by atoms with van der Waals surface area (Å²) in [4.78, 5) is 19.0. The van der Waals surface area contributed by atoms with Crippen molar-refractivity contribution in [2.75, 3.05) is 6.54 Å². The first-order chi connectivity index (χ1) is 12.7. The highest BCUT2D eigenvalue weighted by molar-refractivity contribution is 5.94. The Morgan fingerprint density at radius 3 is 2.77 bits per heavy atom. The van der Waals surface area contributed by atoms with Gasteiger partial charge in [0.1, 0.15) is 5.75 Å². The van der Waals surface area contributed by atoms with Crippen LogP contribution in [-0.4, -0.2) is 32.0 Å². The fourth-order valence-corrected chi connectivity index (χ4v) is 3.45. The lowest BCUT2D eigenvalue weighted by Crippen LogP contribution is -2.36. The van der Waals surface area contributed by atoms with Crippen LogP contribution in [0.1, 0.15) is 27.3 Å². The summed E-state index contributed by atoms with van der Waals surface area (Å²) in [7, 11) is 0. The minimum atomic E-state index is -0.0645. The van der Waals surface area contributed by atoms with Gasteiger partial charge in [0.25, 0.3) is 5.91 Å². The first kappa shape index (κ1) is 16.4. The number of hydrogen-bond donors (Lipinski definition) is 1. The SMILES string of the molecule is O=C(c1cccc(O)c1)N1CCc2c(ncn2CCc2ccccc2)C1. The molecule has 0 aliphatic carbocycles. The van der Waals surface area contributed by atoms with Crippen LogP contribution >= 0.6 is 0 Å². The Morgan fingerprint density at radius 2 is 1.96 bits per heavy atom. The summed E-state index contributed by atoms with van der Waals surface area (Å²) in [5, 5.41) is 9.59. The van der Waals surface area contributed by atoms with Gasteiger partial charge < -0.3 is 14.6 Å². The molecule has 0 atom stereocenters. The molecule has 5 heteroatoms. The summed E-state index contributed by atoms with van der Waals surface area (Å²) in [6.07, 6.45) is 3.65. The van der Waals surface area contributed by atoms with E-state index in [0.29, 0.717) is 18.7 Å². The maximum Gasteiger partial charge on any atom is 0.254 e. The number of aromatic hydroxyl groups is 1. The average molecular weight is 347 g/mol. The van der Waals surface area contributed by atoms with E-state index in [-0.39, 0.29) is 11.7 Å². The third-order valence-electron chi connectivity index (χ3n) is 4.86. The zero-order valence-electron chi connectivity index (χ0n) is 14.5. The highest BCUT2D eigenvalue weighted by Crippen LogP contribution is 2.21. The maximum atomic E-state index is 12.7. The lowest BCUT2D eigenvalue weighted by molar-refractivity contribution is 0.0730. The van der Waals surface area contributed by atoms with Crippen LogP contribution in [0.25, 0.3) is 0 Å². The molecular formula is C21H21N3O2. The van der Waals surface area contributed by atoms with Gasteiger partial charge in [-0.05, 0) is 30.2 Å². The molecule has 0 fully saturated rings. The molecular weight excluding hydrogens is 326 g/mol. The van der Waals surface area contributed by atoms with Crippen molar-refractivity contribution in [3.8, 4) is 5.75 Å². The van der Waals surface area contributed by atoms with E-state index in [1.165, 1.54) is 17.3 Å². The summed E-state index contributed by atoms with van der Waals surface area (Å²) >= 11 is 0. The Labute approximate surface area is 152 Å². The van der Waals surface area contributed by atoms with Crippen molar-refractivity contribution >= 4 is 5.91 Å². The number of aromatic nitrogens is 2. The Morgan fingerprint density at radius 1 is 1.12 bits per heavy atom. The Balaban J connectivity index is 1.45. The molecule has 0 spiro atoms. The number of aryl methyl sites for hydroxylation is 2. The van der Waals surface area contributed by atoms with Gasteiger partial charge in [-0.25, -0.2) is 4.98 Å². The van der Waals surface area contributed by atoms with Crippen LogP contribution in [0.15, 0.2) is 60.9 Å². The average Bonchev–Trinajstić information content (AvgIpc) is 3.09. The fraction of sp³-hybridized carbons (Fsp3) is 0.238. The number of fused-ring (bicyclic) bond motifs is 1. The van der Waals surface area contributed by atoms with E-state index in [9.17, 15) is 9.90 Å². The number of phenolic OH excluding ortho intramolecular Hbond substituents is 1. The monoisotopic (exact) mass is 347 g/mol. The molecule has 0 bridgehead atoms. The van der Waals surface area contributed by atoms with Crippen molar-refractivity contribution in [2.24, 2.45) is 0 Å². The number of imidazole rings is 1. The third kappa shape index (κ3) is 3.33. The zero-order valence-corrected chi connectivity index (χ0v) is 14.5. The molecule has 4 rings (SSSR count). The van der Waals surface area contributed by atoms with E-state index >= 15 is 0 Å². The lowest BCUT2D eigenvalue weighted by Gasteiger charge is -2.27. The normalized spacial score (nSPS) is 13.5. The summed E-state index contributed by atoms with van der Waals surface area (Å²) in [6, 6.07) is 16.9. The minimum Gasteiger partial charge on any atom is -0.508 e. The van der Waals surface area contributed by atoms with Gasteiger partial charge in [0, 0.05) is 30.8 Å². The number of phenols is 1. The summed E-state index contributed by atoms with van der Waals surface area (Å²) in [5.74, 6) is 0.0455. The van der Waals surface area contributed by atoms with Crippen LogP contribution in [-0.2, 0) is 25.9 Å². The van der Waals surface area contributed by atoms with Gasteiger partial charge in [-0.3, -0.25) is 4.79 Å². The highest BCUT2D eigenvalue weighted by Gasteiger charge is 2.25. The van der Waals surface area contributed by atoms with Gasteiger partial charge in [0.2, 0.25) is 0 Å². The highest BCUT2D eigenvalue weighted by atomic mass is 16.3. The predicted molar refractivity (Wildman–Crippen MR) is 98.9 cm³/mol. The summed E-state index contributed by atoms with van der Waals surface area (Å²) in [5.41, 5.74) is 4.02. The van der Waals surface area contributed by atoms with E-state index < -0.39 is 0 Å². The molecule has 0 unspecified atom stereocenters. The molecule has 0 radical (unpaired) electrons. The molecule has 5 nitrogen and oxygen atoms in total. The van der Waals surface area contributed by atoms with Gasteiger partial charge in [-0.2, -0.15) is 0 Å². The van der Waals surface area contributed by atoms with E-state index in [2.05, 4.69) is 33.8 Å². The van der Waals surface area contributed by atoms with Crippen molar-refractivity contribution in [2.45, 2.75) is 25.9 Å². The number of amides is 1. The molecule has 1 amide bonds. The summed E-state index contributed by atoms with van der Waals surface area (Å²) in [6.45, 7) is 2.08. The Bertz CT molecular complexity index is 918. The van der Waals surface area contributed by atoms with E-state index in [1.54, 1.807) is 23.1 Å². The van der Waals surface area contributed by atoms with E-state index in [0.717, 1.165) is 25.1 Å². The van der Waals surface area contributed by atoms with E-state index in [4.69, 9.17) is 0 Å². The zero-order chi connectivity index (χ0) is 17.9. The second kappa shape index (κ2) is 7.04. The molecule has 2 heterocycles. The van der Waals surface area contributed by atoms with E-state index in [1.807, 2.05) is 12.4 Å². The molecule has 1 aliphatic heterocycles. The first-order valence-corrected chi connectivity index (χ1v) is 8.86. The van der Waals surface area contributed by atoms with Gasteiger partial charge in [-0.15, -0.1) is 0 Å². The lowest BCUT2D eigenvalue weighted by atomic mass is 10.1. The Hall–Kier alpha value is -3.08. The smallest absolute Gasteiger partial charge is 0.254 e. The van der Waals surface area contributed by atoms with Crippen LogP contribution in [0.4, 0.5) is 0 Å². The minimum absolute atomic E-state index is 0.0645. The van der Waals surface area contributed by atoms with Gasteiger partial charge in [-0.1, -0.05) is 36.4 Å². The van der Waals surface area contributed by atoms with Gasteiger partial charge >= 0.3 is 0 Å². The van der Waals surface area contributed by atoms with Crippen LogP contribution in [0.5, 0.6) is 5.75 Å². The number of rotatable bonds is 4. The third-order valence-corrected chi connectivity index (χ3v) is 4.86. The quantitative estimate of drug-likeness (QED) is 0.789. The topological polar surface area (TPSA) is 58.4 Å². The molecule has 26 heavy (non-hydrogen) atoms. The van der Waals surface area contributed by atoms with Gasteiger partial charge in [0.15, 0.2) is 0 Å². The van der Waals surface area contributed by atoms with Crippen molar-refractivity contribution in [3.63, 3.8) is 0 Å². The summed E-state index contributed by atoms with van der Waals surface area (Å²) < 4.78 is 2.21. The maximum absolute atomic E-state index is 12.7. The molecule has 1 aromatic heterocycles. The van der Waals surface area contributed by atoms with Crippen LogP contribution < -0.4 is 0 Å². The second-order valence-corrected chi connectivity index (χ2v) is 6.59. The molecule has 1 aliphatic rings. The largest absolute Gasteiger partial charge is 0.508 e. The molecule has 0 saturated heterocycles. The van der Waals surface area contributed by atoms with Crippen molar-refractivity contribution in [1.82, 2.24) is 14.5 Å².